The van der Waals surface area contributed by atoms with Crippen LogP contribution >= 0.6 is 23.1 Å². The third kappa shape index (κ3) is 3.07. The number of fused-ring (bicyclic) bond motifs is 5. The number of hydrogen-bond donors (Lipinski definition) is 0. The Morgan fingerprint density at radius 2 is 2.00 bits per heavy atom. The van der Waals surface area contributed by atoms with Gasteiger partial charge in [0.15, 0.2) is 0 Å². The van der Waals surface area contributed by atoms with Crippen molar-refractivity contribution < 1.29 is 4.79 Å². The molecule has 152 valence electrons. The van der Waals surface area contributed by atoms with Crippen LogP contribution in [0.4, 0.5) is 5.69 Å². The number of thioether (sulfide) groups is 1. The largest absolute Gasteiger partial charge is 0.308 e. The van der Waals surface area contributed by atoms with Gasteiger partial charge >= 0.3 is 0 Å². The van der Waals surface area contributed by atoms with Crippen molar-refractivity contribution in [3.8, 4) is 0 Å². The van der Waals surface area contributed by atoms with E-state index in [0.717, 1.165) is 48.5 Å². The molecule has 0 aliphatic carbocycles. The number of carbonyl (C=O) groups is 1. The van der Waals surface area contributed by atoms with E-state index in [1.54, 1.807) is 17.7 Å². The van der Waals surface area contributed by atoms with E-state index in [0.29, 0.717) is 5.75 Å². The number of para-hydroxylation sites is 2. The number of amides is 1. The number of anilines is 1. The summed E-state index contributed by atoms with van der Waals surface area (Å²) < 4.78 is 0.993. The maximum absolute atomic E-state index is 13.1. The molecular formula is C24H18N4OS2. The molecule has 1 aliphatic rings. The molecule has 1 atom stereocenters. The molecule has 4 heterocycles. The van der Waals surface area contributed by atoms with Gasteiger partial charge in [-0.2, -0.15) is 0 Å². The van der Waals surface area contributed by atoms with Crippen LogP contribution in [0.5, 0.6) is 0 Å². The van der Waals surface area contributed by atoms with Gasteiger partial charge in [0.2, 0.25) is 5.91 Å². The fraction of sp³-hybridized carbons (Fsp3) is 0.167. The Bertz CT molecular complexity index is 1480. The zero-order valence-electron chi connectivity index (χ0n) is 16.8. The van der Waals surface area contributed by atoms with E-state index >= 15 is 0 Å². The molecule has 6 rings (SSSR count). The highest BCUT2D eigenvalue weighted by Crippen LogP contribution is 2.38. The van der Waals surface area contributed by atoms with Crippen molar-refractivity contribution in [2.45, 2.75) is 24.4 Å². The molecule has 7 heteroatoms. The van der Waals surface area contributed by atoms with Gasteiger partial charge in [-0.3, -0.25) is 4.79 Å². The summed E-state index contributed by atoms with van der Waals surface area (Å²) in [5.41, 5.74) is 4.15. The summed E-state index contributed by atoms with van der Waals surface area (Å²) in [5, 5.41) is 2.97. The first-order valence-corrected chi connectivity index (χ1v) is 11.9. The van der Waals surface area contributed by atoms with Gasteiger partial charge < -0.3 is 4.90 Å². The lowest BCUT2D eigenvalue weighted by molar-refractivity contribution is -0.116. The van der Waals surface area contributed by atoms with Crippen molar-refractivity contribution in [3.63, 3.8) is 0 Å². The zero-order chi connectivity index (χ0) is 20.9. The molecule has 1 aliphatic heterocycles. The highest BCUT2D eigenvalue weighted by Gasteiger charge is 2.30. The molecule has 1 amide bonds. The van der Waals surface area contributed by atoms with Gasteiger partial charge in [0.25, 0.3) is 0 Å². The molecule has 2 aromatic carbocycles. The predicted octanol–water partition coefficient (Wildman–Crippen LogP) is 5.46. The van der Waals surface area contributed by atoms with Crippen LogP contribution in [0.3, 0.4) is 0 Å². The van der Waals surface area contributed by atoms with Crippen LogP contribution in [-0.4, -0.2) is 32.7 Å². The molecule has 0 spiro atoms. The van der Waals surface area contributed by atoms with Gasteiger partial charge in [0, 0.05) is 22.5 Å². The summed E-state index contributed by atoms with van der Waals surface area (Å²) in [6.07, 6.45) is 2.49. The number of rotatable bonds is 3. The molecule has 0 saturated heterocycles. The Morgan fingerprint density at radius 3 is 2.94 bits per heavy atom. The Hall–Kier alpha value is -3.03. The van der Waals surface area contributed by atoms with E-state index in [9.17, 15) is 4.79 Å². The van der Waals surface area contributed by atoms with E-state index < -0.39 is 0 Å². The van der Waals surface area contributed by atoms with E-state index in [1.165, 1.54) is 17.3 Å². The fourth-order valence-electron chi connectivity index (χ4n) is 4.33. The number of benzene rings is 2. The monoisotopic (exact) mass is 442 g/mol. The van der Waals surface area contributed by atoms with E-state index in [2.05, 4.69) is 35.1 Å². The van der Waals surface area contributed by atoms with Crippen LogP contribution in [0.15, 0.2) is 66.0 Å². The lowest BCUT2D eigenvalue weighted by atomic mass is 10.1. The van der Waals surface area contributed by atoms with Gasteiger partial charge in [-0.15, -0.1) is 11.3 Å². The van der Waals surface area contributed by atoms with Crippen LogP contribution in [0.2, 0.25) is 0 Å². The number of thiophene rings is 1. The normalized spacial score (nSPS) is 15.8. The smallest absolute Gasteiger partial charge is 0.237 e. The Balaban J connectivity index is 1.33. The highest BCUT2D eigenvalue weighted by atomic mass is 32.2. The molecule has 0 radical (unpaired) electrons. The average molecular weight is 443 g/mol. The number of nitrogens with zero attached hydrogens (tertiary/aromatic N) is 4. The quantitative estimate of drug-likeness (QED) is 0.274. The van der Waals surface area contributed by atoms with Gasteiger partial charge in [-0.05, 0) is 37.1 Å². The summed E-state index contributed by atoms with van der Waals surface area (Å²) >= 11 is 3.08. The standard InChI is InChI=1S/C24H18N4OS2/c1-14-10-16-7-3-5-9-19(16)28(14)20(29)12-30-24-22-21(25-13-26-24)17-11-15-6-2-4-8-18(15)27-23(17)31-22/h2-9,11,13-14H,10,12H2,1H3/t14-/m1/s1. The Labute approximate surface area is 187 Å². The van der Waals surface area contributed by atoms with E-state index in [1.807, 2.05) is 41.3 Å². The predicted molar refractivity (Wildman–Crippen MR) is 128 cm³/mol. The Morgan fingerprint density at radius 1 is 1.16 bits per heavy atom. The van der Waals surface area contributed by atoms with Gasteiger partial charge in [0.1, 0.15) is 16.2 Å². The first-order chi connectivity index (χ1) is 15.2. The molecule has 5 nitrogen and oxygen atoms in total. The molecular weight excluding hydrogens is 424 g/mol. The van der Waals surface area contributed by atoms with Crippen molar-refractivity contribution in [3.05, 3.63) is 66.5 Å². The molecule has 0 bridgehead atoms. The SMILES string of the molecule is C[C@@H]1Cc2ccccc2N1C(=O)CSc1ncnc2c1sc1nc3ccccc3cc12. The van der Waals surface area contributed by atoms with Crippen LogP contribution in [0, 0.1) is 0 Å². The van der Waals surface area contributed by atoms with Gasteiger partial charge in [-0.1, -0.05) is 48.2 Å². The van der Waals surface area contributed by atoms with Crippen molar-refractivity contribution in [1.82, 2.24) is 15.0 Å². The second-order valence-corrected chi connectivity index (χ2v) is 9.69. The summed E-state index contributed by atoms with van der Waals surface area (Å²) in [5.74, 6) is 0.452. The highest BCUT2D eigenvalue weighted by molar-refractivity contribution is 8.00. The van der Waals surface area contributed by atoms with Crippen LogP contribution in [0.25, 0.3) is 31.3 Å². The minimum atomic E-state index is 0.110. The number of hydrogen-bond acceptors (Lipinski definition) is 6. The summed E-state index contributed by atoms with van der Waals surface area (Å²) in [6.45, 7) is 2.10. The zero-order valence-corrected chi connectivity index (χ0v) is 18.4. The topological polar surface area (TPSA) is 59.0 Å². The second kappa shape index (κ2) is 7.28. The molecule has 0 fully saturated rings. The summed E-state index contributed by atoms with van der Waals surface area (Å²) in [4.78, 5) is 29.8. The lowest BCUT2D eigenvalue weighted by Crippen LogP contribution is -2.36. The first-order valence-electron chi connectivity index (χ1n) is 10.1. The molecule has 3 aromatic heterocycles. The summed E-state index contributed by atoms with van der Waals surface area (Å²) in [7, 11) is 0. The maximum atomic E-state index is 13.1. The van der Waals surface area contributed by atoms with Gasteiger partial charge in [-0.25, -0.2) is 15.0 Å². The molecule has 0 saturated carbocycles. The van der Waals surface area contributed by atoms with Crippen LogP contribution < -0.4 is 4.90 Å². The van der Waals surface area contributed by atoms with Crippen LogP contribution in [0.1, 0.15) is 12.5 Å². The Kier molecular flexibility index (Phi) is 4.40. The van der Waals surface area contributed by atoms with Crippen molar-refractivity contribution in [2.24, 2.45) is 0 Å². The van der Waals surface area contributed by atoms with Crippen molar-refractivity contribution >= 4 is 66.0 Å². The second-order valence-electron chi connectivity index (χ2n) is 7.73. The van der Waals surface area contributed by atoms with Crippen molar-refractivity contribution in [2.75, 3.05) is 10.7 Å². The molecule has 0 unspecified atom stereocenters. The summed E-state index contributed by atoms with van der Waals surface area (Å²) in [6, 6.07) is 18.6. The third-order valence-corrected chi connectivity index (χ3v) is 7.92. The lowest BCUT2D eigenvalue weighted by Gasteiger charge is -2.22. The van der Waals surface area contributed by atoms with Crippen LogP contribution in [-0.2, 0) is 11.2 Å². The average Bonchev–Trinajstić information content (AvgIpc) is 3.32. The van der Waals surface area contributed by atoms with Crippen molar-refractivity contribution in [1.29, 1.82) is 0 Å². The van der Waals surface area contributed by atoms with E-state index in [4.69, 9.17) is 4.98 Å². The maximum Gasteiger partial charge on any atom is 0.237 e. The fourth-order valence-corrected chi connectivity index (χ4v) is 6.38. The number of pyridine rings is 1. The molecule has 5 aromatic rings. The molecule has 31 heavy (non-hydrogen) atoms. The number of aromatic nitrogens is 3. The van der Waals surface area contributed by atoms with E-state index in [-0.39, 0.29) is 11.9 Å². The third-order valence-electron chi connectivity index (χ3n) is 5.72. The minimum absolute atomic E-state index is 0.110. The first kappa shape index (κ1) is 18.7. The minimum Gasteiger partial charge on any atom is -0.308 e. The molecule has 0 N–H and O–H groups in total. The number of carbonyl (C=O) groups excluding carboxylic acids is 1. The van der Waals surface area contributed by atoms with Gasteiger partial charge in [0.05, 0.1) is 21.5 Å².